The highest BCUT2D eigenvalue weighted by atomic mass is 16.3. The van der Waals surface area contributed by atoms with Crippen LogP contribution in [0.25, 0.3) is 10.9 Å². The summed E-state index contributed by atoms with van der Waals surface area (Å²) in [6.07, 6.45) is 4.01. The standard InChI is InChI=1S/C25H36N4O3/c1-16(2)29-23-7-5-4-6-18(23)12-22(25(29)32)24(31)27-13-17-10-19-8-9-20(11-17)28(19)15-21(30)14-26-3/h4-7,12,16-17,19-21,26,30H,8-11,13-15H2,1-3H3,(H,27,31)/t17?,19-,20+,21?. The zero-order chi connectivity index (χ0) is 22.8. The Bertz CT molecular complexity index is 1000. The third kappa shape index (κ3) is 4.60. The van der Waals surface area contributed by atoms with Gasteiger partial charge in [0.25, 0.3) is 11.5 Å². The summed E-state index contributed by atoms with van der Waals surface area (Å²) in [5.74, 6) is 0.122. The number of aliphatic hydroxyl groups is 1. The molecule has 0 aliphatic carbocycles. The van der Waals surface area contributed by atoms with E-state index in [0.717, 1.165) is 36.6 Å². The highest BCUT2D eigenvalue weighted by Gasteiger charge is 2.41. The summed E-state index contributed by atoms with van der Waals surface area (Å²) < 4.78 is 1.71. The van der Waals surface area contributed by atoms with Crippen LogP contribution in [0.15, 0.2) is 35.1 Å². The van der Waals surface area contributed by atoms with E-state index >= 15 is 0 Å². The van der Waals surface area contributed by atoms with Gasteiger partial charge in [0, 0.05) is 37.8 Å². The lowest BCUT2D eigenvalue weighted by molar-refractivity contribution is 0.0456. The summed E-state index contributed by atoms with van der Waals surface area (Å²) in [6, 6.07) is 10.4. The topological polar surface area (TPSA) is 86.6 Å². The Morgan fingerprint density at radius 3 is 2.53 bits per heavy atom. The minimum atomic E-state index is -0.351. The van der Waals surface area contributed by atoms with Gasteiger partial charge in [-0.15, -0.1) is 0 Å². The van der Waals surface area contributed by atoms with E-state index in [2.05, 4.69) is 15.5 Å². The number of nitrogens with one attached hydrogen (secondary N) is 2. The number of hydrogen-bond donors (Lipinski definition) is 3. The minimum absolute atomic E-state index is 0.0293. The molecule has 32 heavy (non-hydrogen) atoms. The normalized spacial score (nSPS) is 24.2. The second-order valence-corrected chi connectivity index (χ2v) is 9.73. The number of nitrogens with zero attached hydrogens (tertiary/aromatic N) is 2. The molecule has 4 rings (SSSR count). The number of carbonyl (C=O) groups excluding carboxylic acids is 1. The van der Waals surface area contributed by atoms with Gasteiger partial charge in [-0.05, 0) is 70.0 Å². The molecule has 2 aromatic rings. The number of para-hydroxylation sites is 1. The maximum Gasteiger partial charge on any atom is 0.264 e. The fourth-order valence-electron chi connectivity index (χ4n) is 5.69. The number of amides is 1. The molecule has 0 radical (unpaired) electrons. The molecule has 2 aliphatic heterocycles. The molecule has 1 amide bonds. The highest BCUT2D eigenvalue weighted by Crippen LogP contribution is 2.38. The van der Waals surface area contributed by atoms with Crippen molar-refractivity contribution in [3.05, 3.63) is 46.2 Å². The maximum absolute atomic E-state index is 13.1. The van der Waals surface area contributed by atoms with Crippen LogP contribution in [0.5, 0.6) is 0 Å². The number of hydrogen-bond acceptors (Lipinski definition) is 5. The van der Waals surface area contributed by atoms with E-state index in [1.165, 1.54) is 0 Å². The molecular weight excluding hydrogens is 404 g/mol. The molecule has 7 nitrogen and oxygen atoms in total. The van der Waals surface area contributed by atoms with Crippen LogP contribution in [0.2, 0.25) is 0 Å². The van der Waals surface area contributed by atoms with E-state index in [9.17, 15) is 14.7 Å². The molecule has 1 aromatic heterocycles. The average molecular weight is 441 g/mol. The number of piperidine rings is 1. The van der Waals surface area contributed by atoms with Gasteiger partial charge in [-0.1, -0.05) is 18.2 Å². The zero-order valence-corrected chi connectivity index (χ0v) is 19.4. The summed E-state index contributed by atoms with van der Waals surface area (Å²) in [4.78, 5) is 28.6. The number of aliphatic hydroxyl groups excluding tert-OH is 1. The van der Waals surface area contributed by atoms with Crippen LogP contribution in [-0.4, -0.2) is 65.4 Å². The Hall–Kier alpha value is -2.22. The predicted octanol–water partition coefficient (Wildman–Crippen LogP) is 2.14. The Labute approximate surface area is 189 Å². The van der Waals surface area contributed by atoms with Crippen molar-refractivity contribution in [2.75, 3.05) is 26.7 Å². The second-order valence-electron chi connectivity index (χ2n) is 9.73. The van der Waals surface area contributed by atoms with Gasteiger partial charge in [-0.25, -0.2) is 0 Å². The Balaban J connectivity index is 1.43. The number of rotatable bonds is 8. The van der Waals surface area contributed by atoms with Gasteiger partial charge in [0.1, 0.15) is 5.56 Å². The molecular formula is C25H36N4O3. The van der Waals surface area contributed by atoms with Crippen LogP contribution in [0.4, 0.5) is 0 Å². The largest absolute Gasteiger partial charge is 0.390 e. The maximum atomic E-state index is 13.1. The monoisotopic (exact) mass is 440 g/mol. The van der Waals surface area contributed by atoms with Gasteiger partial charge in [0.15, 0.2) is 0 Å². The van der Waals surface area contributed by atoms with Crippen molar-refractivity contribution in [2.24, 2.45) is 5.92 Å². The van der Waals surface area contributed by atoms with Gasteiger partial charge in [0.05, 0.1) is 11.6 Å². The Morgan fingerprint density at radius 2 is 1.88 bits per heavy atom. The SMILES string of the molecule is CNCC(O)CN1[C@@H]2CC[C@H]1CC(CNC(=O)c1cc3ccccc3n(C(C)C)c1=O)C2. The first kappa shape index (κ1) is 23.0. The van der Waals surface area contributed by atoms with Crippen molar-refractivity contribution in [3.8, 4) is 0 Å². The molecule has 2 unspecified atom stereocenters. The van der Waals surface area contributed by atoms with Gasteiger partial charge >= 0.3 is 0 Å². The first-order valence-corrected chi connectivity index (χ1v) is 11.9. The van der Waals surface area contributed by atoms with Crippen LogP contribution in [0.1, 0.15) is 55.9 Å². The third-order valence-electron chi connectivity index (χ3n) is 7.10. The number of aromatic nitrogens is 1. The van der Waals surface area contributed by atoms with Crippen molar-refractivity contribution in [1.29, 1.82) is 0 Å². The summed E-state index contributed by atoms with van der Waals surface area (Å²) in [6.45, 7) is 5.84. The molecule has 3 heterocycles. The number of likely N-dealkylation sites (N-methyl/N-ethyl adjacent to an activating group) is 1. The van der Waals surface area contributed by atoms with Crippen molar-refractivity contribution in [2.45, 2.75) is 63.8 Å². The summed E-state index contributed by atoms with van der Waals surface area (Å²) >= 11 is 0. The van der Waals surface area contributed by atoms with Gasteiger partial charge in [-0.3, -0.25) is 14.5 Å². The van der Waals surface area contributed by atoms with Gasteiger partial charge < -0.3 is 20.3 Å². The average Bonchev–Trinajstić information content (AvgIpc) is 2.98. The van der Waals surface area contributed by atoms with E-state index in [4.69, 9.17) is 0 Å². The number of carbonyl (C=O) groups is 1. The summed E-state index contributed by atoms with van der Waals surface area (Å²) in [5, 5.41) is 17.2. The molecule has 2 aliphatic rings. The van der Waals surface area contributed by atoms with Crippen LogP contribution in [-0.2, 0) is 0 Å². The molecule has 2 fully saturated rings. The van der Waals surface area contributed by atoms with E-state index < -0.39 is 0 Å². The first-order valence-electron chi connectivity index (χ1n) is 11.9. The quantitative estimate of drug-likeness (QED) is 0.586. The molecule has 0 saturated carbocycles. The Kier molecular flexibility index (Phi) is 6.98. The number of pyridine rings is 1. The minimum Gasteiger partial charge on any atom is -0.390 e. The lowest BCUT2D eigenvalue weighted by Crippen LogP contribution is -2.49. The number of benzene rings is 1. The molecule has 0 spiro atoms. The molecule has 2 saturated heterocycles. The van der Waals surface area contributed by atoms with Crippen molar-refractivity contribution in [1.82, 2.24) is 20.1 Å². The molecule has 2 bridgehead atoms. The molecule has 1 aromatic carbocycles. The number of fused-ring (bicyclic) bond motifs is 3. The van der Waals surface area contributed by atoms with Crippen LogP contribution in [0.3, 0.4) is 0 Å². The smallest absolute Gasteiger partial charge is 0.264 e. The third-order valence-corrected chi connectivity index (χ3v) is 7.10. The van der Waals surface area contributed by atoms with E-state index in [-0.39, 0.29) is 29.2 Å². The van der Waals surface area contributed by atoms with Crippen molar-refractivity contribution >= 4 is 16.8 Å². The van der Waals surface area contributed by atoms with Gasteiger partial charge in [-0.2, -0.15) is 0 Å². The molecule has 7 heteroatoms. The van der Waals surface area contributed by atoms with Crippen molar-refractivity contribution in [3.63, 3.8) is 0 Å². The van der Waals surface area contributed by atoms with E-state index in [0.29, 0.717) is 37.6 Å². The first-order chi connectivity index (χ1) is 15.4. The second kappa shape index (κ2) is 9.73. The molecule has 3 N–H and O–H groups in total. The molecule has 174 valence electrons. The van der Waals surface area contributed by atoms with E-state index in [1.54, 1.807) is 10.6 Å². The van der Waals surface area contributed by atoms with Crippen LogP contribution in [0, 0.1) is 5.92 Å². The zero-order valence-electron chi connectivity index (χ0n) is 19.4. The highest BCUT2D eigenvalue weighted by molar-refractivity contribution is 5.97. The van der Waals surface area contributed by atoms with Crippen LogP contribution >= 0.6 is 0 Å². The summed E-state index contributed by atoms with van der Waals surface area (Å²) in [7, 11) is 1.86. The summed E-state index contributed by atoms with van der Waals surface area (Å²) in [5.41, 5.74) is 0.839. The van der Waals surface area contributed by atoms with E-state index in [1.807, 2.05) is 45.2 Å². The van der Waals surface area contributed by atoms with Gasteiger partial charge in [0.2, 0.25) is 0 Å². The predicted molar refractivity (Wildman–Crippen MR) is 127 cm³/mol. The Morgan fingerprint density at radius 1 is 1.19 bits per heavy atom. The van der Waals surface area contributed by atoms with Crippen molar-refractivity contribution < 1.29 is 9.90 Å². The van der Waals surface area contributed by atoms with Crippen LogP contribution < -0.4 is 16.2 Å². The molecule has 4 atom stereocenters. The fourth-order valence-corrected chi connectivity index (χ4v) is 5.69. The fraction of sp³-hybridized carbons (Fsp3) is 0.600. The lowest BCUT2D eigenvalue weighted by Gasteiger charge is -2.40. The lowest BCUT2D eigenvalue weighted by atomic mass is 9.90.